The molecule has 0 aliphatic carbocycles. The smallest absolute Gasteiger partial charge is 0.410 e. The van der Waals surface area contributed by atoms with Crippen LogP contribution in [0.4, 0.5) is 15.3 Å². The number of carbonyl (C=O) groups excluding carboxylic acids is 2. The van der Waals surface area contributed by atoms with Gasteiger partial charge in [0.15, 0.2) is 0 Å². The summed E-state index contributed by atoms with van der Waals surface area (Å²) in [7, 11) is 0. The first-order chi connectivity index (χ1) is 25.8. The molecule has 0 radical (unpaired) electrons. The number of ether oxygens (including phenoxy) is 3. The molecule has 5 heterocycles. The Bertz CT molecular complexity index is 2030. The number of carbonyl (C=O) groups is 2. The number of nitrogens with one attached hydrogen (secondary N) is 1. The molecule has 8 rings (SSSR count). The summed E-state index contributed by atoms with van der Waals surface area (Å²) in [6.45, 7) is 13.8. The third kappa shape index (κ3) is 7.16. The molecule has 3 aromatic carbocycles. The van der Waals surface area contributed by atoms with Crippen molar-refractivity contribution in [3.8, 4) is 22.3 Å². The Kier molecular flexibility index (Phi) is 9.15. The maximum atomic E-state index is 13.1. The summed E-state index contributed by atoms with van der Waals surface area (Å²) >= 11 is 0. The lowest BCUT2D eigenvalue weighted by Crippen LogP contribution is -2.53. The van der Waals surface area contributed by atoms with Crippen molar-refractivity contribution in [2.75, 3.05) is 31.6 Å². The van der Waals surface area contributed by atoms with Crippen LogP contribution in [0, 0.1) is 0 Å². The van der Waals surface area contributed by atoms with E-state index in [1.54, 1.807) is 0 Å². The fourth-order valence-corrected chi connectivity index (χ4v) is 8.16. The predicted octanol–water partition coefficient (Wildman–Crippen LogP) is 9.05. The second-order valence-electron chi connectivity index (χ2n) is 17.2. The molecule has 2 amide bonds. The molecule has 10 nitrogen and oxygen atoms in total. The highest BCUT2D eigenvalue weighted by Gasteiger charge is 2.47. The van der Waals surface area contributed by atoms with E-state index in [0.29, 0.717) is 26.3 Å². The molecule has 0 bridgehead atoms. The minimum atomic E-state index is -0.562. The summed E-state index contributed by atoms with van der Waals surface area (Å²) in [5.41, 5.74) is 8.45. The van der Waals surface area contributed by atoms with Crippen molar-refractivity contribution < 1.29 is 23.8 Å². The average molecular weight is 730 g/mol. The Labute approximate surface area is 318 Å². The van der Waals surface area contributed by atoms with Crippen LogP contribution in [0.3, 0.4) is 0 Å². The lowest BCUT2D eigenvalue weighted by atomic mass is 9.84. The maximum absolute atomic E-state index is 13.1. The highest BCUT2D eigenvalue weighted by atomic mass is 16.6. The summed E-state index contributed by atoms with van der Waals surface area (Å²) in [4.78, 5) is 39.7. The minimum absolute atomic E-state index is 0.0115. The van der Waals surface area contributed by atoms with Gasteiger partial charge >= 0.3 is 12.2 Å². The standard InChI is InChI=1S/C44H51N5O5/c1-42(2,3)53-40(50)48-21-7-9-37(48)36-24-33(25-45-36)31-17-13-29(14-18-31)28-11-15-30(16-12-28)32-19-20-34-35(23-32)46-39(47-44(34)26-52-27-44)38-10-8-22-49(38)41(51)54-43(4,5)6/h11-20,23,25,37-38H,7-10,21-22,24,26-27H2,1-6H3,(H,46,47)/t37-,38-/m0/s1. The van der Waals surface area contributed by atoms with Crippen LogP contribution in [0.5, 0.6) is 0 Å². The number of allylic oxidation sites excluding steroid dienone is 1. The van der Waals surface area contributed by atoms with Gasteiger partial charge in [0.05, 0.1) is 25.3 Å². The van der Waals surface area contributed by atoms with Crippen molar-refractivity contribution in [1.82, 2.24) is 9.80 Å². The predicted molar refractivity (Wildman–Crippen MR) is 213 cm³/mol. The normalized spacial score (nSPS) is 21.9. The molecule has 282 valence electrons. The zero-order chi connectivity index (χ0) is 37.8. The molecule has 5 aliphatic heterocycles. The fraction of sp³-hybridized carbons (Fsp3) is 0.455. The van der Waals surface area contributed by atoms with Crippen molar-refractivity contribution >= 4 is 35.0 Å². The number of benzene rings is 3. The van der Waals surface area contributed by atoms with Crippen molar-refractivity contribution in [1.29, 1.82) is 0 Å². The quantitative estimate of drug-likeness (QED) is 0.281. The summed E-state index contributed by atoms with van der Waals surface area (Å²) in [6.07, 6.45) is 5.74. The van der Waals surface area contributed by atoms with Crippen LogP contribution in [-0.2, 0) is 19.7 Å². The fourth-order valence-electron chi connectivity index (χ4n) is 8.16. The molecule has 3 saturated heterocycles. The first-order valence-corrected chi connectivity index (χ1v) is 19.3. The van der Waals surface area contributed by atoms with Gasteiger partial charge in [-0.15, -0.1) is 0 Å². The van der Waals surface area contributed by atoms with E-state index in [2.05, 4.69) is 72.0 Å². The van der Waals surface area contributed by atoms with Gasteiger partial charge < -0.3 is 19.5 Å². The van der Waals surface area contributed by atoms with E-state index in [0.717, 1.165) is 88.3 Å². The second kappa shape index (κ2) is 13.7. The number of nitrogens with zero attached hydrogens (tertiary/aromatic N) is 4. The summed E-state index contributed by atoms with van der Waals surface area (Å²) in [5.74, 6) is 0.808. The van der Waals surface area contributed by atoms with Gasteiger partial charge in [-0.05, 0) is 107 Å². The van der Waals surface area contributed by atoms with E-state index in [4.69, 9.17) is 24.2 Å². The van der Waals surface area contributed by atoms with Gasteiger partial charge in [0.25, 0.3) is 0 Å². The number of likely N-dealkylation sites (tertiary alicyclic amines) is 2. The number of hydrogen-bond acceptors (Lipinski definition) is 8. The SMILES string of the molecule is CC(C)(C)OC(=O)N1CCC[C@H]1C1=NC=C(c2ccc(-c3ccc(-c4ccc5c(c4)NC([C@@H]4CCCN4C(=O)OC(C)(C)C)=NC54COC4)cc3)cc2)C1. The first-order valence-electron chi connectivity index (χ1n) is 19.3. The van der Waals surface area contributed by atoms with Crippen LogP contribution < -0.4 is 5.32 Å². The molecule has 2 atom stereocenters. The minimum Gasteiger partial charge on any atom is -0.444 e. The third-order valence-electron chi connectivity index (χ3n) is 10.8. The number of rotatable bonds is 5. The molecule has 3 fully saturated rings. The van der Waals surface area contributed by atoms with E-state index in [1.807, 2.05) is 57.5 Å². The molecule has 0 saturated carbocycles. The van der Waals surface area contributed by atoms with Crippen LogP contribution in [0.15, 0.2) is 82.9 Å². The Balaban J connectivity index is 0.940. The van der Waals surface area contributed by atoms with E-state index >= 15 is 0 Å². The van der Waals surface area contributed by atoms with Gasteiger partial charge in [-0.3, -0.25) is 19.8 Å². The molecule has 10 heteroatoms. The molecule has 54 heavy (non-hydrogen) atoms. The lowest BCUT2D eigenvalue weighted by molar-refractivity contribution is -0.0558. The first kappa shape index (κ1) is 36.0. The van der Waals surface area contributed by atoms with Crippen molar-refractivity contribution in [3.05, 3.63) is 84.1 Å². The largest absolute Gasteiger partial charge is 0.444 e. The summed E-state index contributed by atoms with van der Waals surface area (Å²) < 4.78 is 17.1. The number of amides is 2. The Morgan fingerprint density at radius 2 is 1.26 bits per heavy atom. The monoisotopic (exact) mass is 729 g/mol. The second-order valence-corrected chi connectivity index (χ2v) is 17.2. The molecule has 5 aliphatic rings. The van der Waals surface area contributed by atoms with Gasteiger partial charge in [-0.1, -0.05) is 60.7 Å². The van der Waals surface area contributed by atoms with Gasteiger partial charge in [0, 0.05) is 42.7 Å². The van der Waals surface area contributed by atoms with Crippen LogP contribution >= 0.6 is 0 Å². The molecule has 0 aromatic heterocycles. The average Bonchev–Trinajstić information content (AvgIpc) is 3.90. The van der Waals surface area contributed by atoms with Crippen LogP contribution in [0.1, 0.15) is 84.8 Å². The maximum Gasteiger partial charge on any atom is 0.410 e. The third-order valence-corrected chi connectivity index (χ3v) is 10.8. The van der Waals surface area contributed by atoms with Crippen molar-refractivity contribution in [3.63, 3.8) is 0 Å². The van der Waals surface area contributed by atoms with E-state index in [1.165, 1.54) is 0 Å². The van der Waals surface area contributed by atoms with E-state index < -0.39 is 16.7 Å². The lowest BCUT2D eigenvalue weighted by Gasteiger charge is -2.44. The van der Waals surface area contributed by atoms with E-state index in [-0.39, 0.29) is 24.3 Å². The molecular formula is C44H51N5O5. The topological polar surface area (TPSA) is 105 Å². The molecule has 1 spiro atoms. The van der Waals surface area contributed by atoms with Crippen LogP contribution in [-0.4, -0.2) is 83.1 Å². The zero-order valence-corrected chi connectivity index (χ0v) is 32.3. The Hall–Kier alpha value is -4.96. The van der Waals surface area contributed by atoms with Gasteiger partial charge in [-0.25, -0.2) is 9.59 Å². The summed E-state index contributed by atoms with van der Waals surface area (Å²) in [5, 5.41) is 3.63. The number of fused-ring (bicyclic) bond motifs is 2. The highest BCUT2D eigenvalue weighted by molar-refractivity contribution is 6.04. The van der Waals surface area contributed by atoms with Gasteiger partial charge in [0.1, 0.15) is 22.6 Å². The number of hydrogen-bond donors (Lipinski definition) is 1. The van der Waals surface area contributed by atoms with E-state index in [9.17, 15) is 9.59 Å². The molecule has 3 aromatic rings. The Morgan fingerprint density at radius 3 is 1.81 bits per heavy atom. The molecule has 1 N–H and O–H groups in total. The van der Waals surface area contributed by atoms with Gasteiger partial charge in [0.2, 0.25) is 0 Å². The summed E-state index contributed by atoms with van der Waals surface area (Å²) in [6, 6.07) is 23.7. The number of anilines is 1. The van der Waals surface area contributed by atoms with Crippen LogP contribution in [0.2, 0.25) is 0 Å². The number of amidine groups is 1. The van der Waals surface area contributed by atoms with Crippen molar-refractivity contribution in [2.45, 2.75) is 102 Å². The zero-order valence-electron chi connectivity index (χ0n) is 32.3. The van der Waals surface area contributed by atoms with Crippen LogP contribution in [0.25, 0.3) is 27.8 Å². The van der Waals surface area contributed by atoms with Crippen molar-refractivity contribution in [2.24, 2.45) is 9.98 Å². The Morgan fingerprint density at radius 1 is 0.741 bits per heavy atom. The van der Waals surface area contributed by atoms with Gasteiger partial charge in [-0.2, -0.15) is 0 Å². The number of aliphatic imine (C=N–C) groups is 2. The highest BCUT2D eigenvalue weighted by Crippen LogP contribution is 2.44. The molecule has 0 unspecified atom stereocenters. The molecular weight excluding hydrogens is 679 g/mol.